The number of carboxylic acid groups (broad SMARTS) is 1. The van der Waals surface area contributed by atoms with Crippen molar-refractivity contribution in [1.82, 2.24) is 0 Å². The topological polar surface area (TPSA) is 37.3 Å². The summed E-state index contributed by atoms with van der Waals surface area (Å²) in [5.41, 5.74) is 0.718. The second-order valence-corrected chi connectivity index (χ2v) is 4.35. The van der Waals surface area contributed by atoms with E-state index in [0.717, 1.165) is 10.0 Å². The van der Waals surface area contributed by atoms with Gasteiger partial charge in [0.2, 0.25) is 0 Å². The maximum Gasteiger partial charge on any atom is 0.304 e. The third kappa shape index (κ3) is 3.63. The van der Waals surface area contributed by atoms with E-state index >= 15 is 0 Å². The number of hydrogen-bond acceptors (Lipinski definition) is 1. The van der Waals surface area contributed by atoms with Crippen LogP contribution in [0, 0.1) is 0 Å². The normalized spacial score (nSPS) is 14.6. The molecule has 0 aromatic heterocycles. The molecule has 82 valence electrons. The Morgan fingerprint density at radius 1 is 1.47 bits per heavy atom. The molecule has 0 saturated heterocycles. The van der Waals surface area contributed by atoms with Gasteiger partial charge in [-0.3, -0.25) is 4.79 Å². The van der Waals surface area contributed by atoms with E-state index in [9.17, 15) is 9.18 Å². The van der Waals surface area contributed by atoms with Crippen molar-refractivity contribution >= 4 is 21.9 Å². The predicted molar refractivity (Wildman–Crippen MR) is 59.7 cm³/mol. The van der Waals surface area contributed by atoms with Crippen molar-refractivity contribution in [1.29, 1.82) is 0 Å². The molecule has 4 heteroatoms. The van der Waals surface area contributed by atoms with Crippen LogP contribution in [0.15, 0.2) is 28.7 Å². The molecule has 1 rings (SSSR count). The van der Waals surface area contributed by atoms with Gasteiger partial charge in [0.25, 0.3) is 0 Å². The highest BCUT2D eigenvalue weighted by Crippen LogP contribution is 2.26. The zero-order valence-electron chi connectivity index (χ0n) is 8.28. The van der Waals surface area contributed by atoms with Crippen LogP contribution in [0.2, 0.25) is 0 Å². The molecule has 1 aromatic rings. The molecule has 15 heavy (non-hydrogen) atoms. The Bertz CT molecular complexity index is 335. The molecular formula is C11H12BrFO2. The number of rotatable bonds is 4. The van der Waals surface area contributed by atoms with Crippen LogP contribution in [0.1, 0.15) is 24.8 Å². The largest absolute Gasteiger partial charge is 0.481 e. The SMILES string of the molecule is CC(F)C(CC(=O)O)c1ccc(Br)cc1. The molecule has 0 bridgehead atoms. The monoisotopic (exact) mass is 274 g/mol. The van der Waals surface area contributed by atoms with E-state index in [0.29, 0.717) is 0 Å². The van der Waals surface area contributed by atoms with Gasteiger partial charge in [-0.1, -0.05) is 28.1 Å². The fraction of sp³-hybridized carbons (Fsp3) is 0.364. The highest BCUT2D eigenvalue weighted by atomic mass is 79.9. The Kier molecular flexibility index (Phi) is 4.27. The fourth-order valence-corrected chi connectivity index (χ4v) is 1.71. The van der Waals surface area contributed by atoms with Gasteiger partial charge in [0.1, 0.15) is 6.17 Å². The Morgan fingerprint density at radius 3 is 2.40 bits per heavy atom. The molecular weight excluding hydrogens is 263 g/mol. The standard InChI is InChI=1S/C11H12BrFO2/c1-7(13)10(6-11(14)15)8-2-4-9(12)5-3-8/h2-5,7,10H,6H2,1H3,(H,14,15). The zero-order valence-corrected chi connectivity index (χ0v) is 9.87. The van der Waals surface area contributed by atoms with Crippen molar-refractivity contribution in [3.8, 4) is 0 Å². The number of carbonyl (C=O) groups is 1. The van der Waals surface area contributed by atoms with Crippen molar-refractivity contribution in [3.63, 3.8) is 0 Å². The van der Waals surface area contributed by atoms with Crippen LogP contribution in [-0.4, -0.2) is 17.2 Å². The van der Waals surface area contributed by atoms with E-state index in [1.54, 1.807) is 24.3 Å². The number of alkyl halides is 1. The lowest BCUT2D eigenvalue weighted by molar-refractivity contribution is -0.137. The van der Waals surface area contributed by atoms with Gasteiger partial charge >= 0.3 is 5.97 Å². The van der Waals surface area contributed by atoms with Gasteiger partial charge in [0.15, 0.2) is 0 Å². The van der Waals surface area contributed by atoms with Crippen LogP contribution in [0.25, 0.3) is 0 Å². The van der Waals surface area contributed by atoms with Crippen LogP contribution < -0.4 is 0 Å². The molecule has 2 unspecified atom stereocenters. The van der Waals surface area contributed by atoms with Crippen molar-refractivity contribution in [3.05, 3.63) is 34.3 Å². The number of benzene rings is 1. The van der Waals surface area contributed by atoms with E-state index < -0.39 is 18.1 Å². The van der Waals surface area contributed by atoms with Gasteiger partial charge in [-0.25, -0.2) is 4.39 Å². The zero-order chi connectivity index (χ0) is 11.4. The second kappa shape index (κ2) is 5.26. The van der Waals surface area contributed by atoms with Crippen LogP contribution in [0.5, 0.6) is 0 Å². The molecule has 0 fully saturated rings. The average molecular weight is 275 g/mol. The Morgan fingerprint density at radius 2 is 2.00 bits per heavy atom. The smallest absolute Gasteiger partial charge is 0.304 e. The highest BCUT2D eigenvalue weighted by molar-refractivity contribution is 9.10. The van der Waals surface area contributed by atoms with Gasteiger partial charge in [0.05, 0.1) is 6.42 Å². The molecule has 0 amide bonds. The second-order valence-electron chi connectivity index (χ2n) is 3.43. The summed E-state index contributed by atoms with van der Waals surface area (Å²) in [7, 11) is 0. The van der Waals surface area contributed by atoms with Gasteiger partial charge < -0.3 is 5.11 Å². The summed E-state index contributed by atoms with van der Waals surface area (Å²) in [5.74, 6) is -1.55. The molecule has 0 radical (unpaired) electrons. The lowest BCUT2D eigenvalue weighted by Gasteiger charge is -2.16. The van der Waals surface area contributed by atoms with Crippen LogP contribution in [0.4, 0.5) is 4.39 Å². The summed E-state index contributed by atoms with van der Waals surface area (Å²) in [6, 6.07) is 7.06. The summed E-state index contributed by atoms with van der Waals surface area (Å²) in [6.07, 6.45) is -1.35. The Balaban J connectivity index is 2.88. The summed E-state index contributed by atoms with van der Waals surface area (Å²) in [4.78, 5) is 10.6. The van der Waals surface area contributed by atoms with Crippen molar-refractivity contribution in [2.24, 2.45) is 0 Å². The average Bonchev–Trinajstić information content (AvgIpc) is 2.15. The Labute approximate surface area is 96.2 Å². The summed E-state index contributed by atoms with van der Waals surface area (Å²) < 4.78 is 14.1. The summed E-state index contributed by atoms with van der Waals surface area (Å²) >= 11 is 3.27. The molecule has 0 aliphatic carbocycles. The first kappa shape index (κ1) is 12.2. The van der Waals surface area contributed by atoms with Crippen LogP contribution in [-0.2, 0) is 4.79 Å². The third-order valence-electron chi connectivity index (χ3n) is 2.25. The van der Waals surface area contributed by atoms with E-state index in [4.69, 9.17) is 5.11 Å². The summed E-state index contributed by atoms with van der Waals surface area (Å²) in [6.45, 7) is 1.38. The molecule has 1 aromatic carbocycles. The van der Waals surface area contributed by atoms with Crippen molar-refractivity contribution in [2.45, 2.75) is 25.4 Å². The number of aliphatic carboxylic acids is 1. The molecule has 1 N–H and O–H groups in total. The molecule has 0 aliphatic heterocycles. The van der Waals surface area contributed by atoms with E-state index in [1.165, 1.54) is 6.92 Å². The number of halogens is 2. The molecule has 2 nitrogen and oxygen atoms in total. The number of hydrogen-bond donors (Lipinski definition) is 1. The van der Waals surface area contributed by atoms with Gasteiger partial charge in [-0.2, -0.15) is 0 Å². The third-order valence-corrected chi connectivity index (χ3v) is 2.78. The maximum atomic E-state index is 13.2. The minimum atomic E-state index is -1.16. The van der Waals surface area contributed by atoms with E-state index in [2.05, 4.69) is 15.9 Å². The molecule has 0 spiro atoms. The van der Waals surface area contributed by atoms with Gasteiger partial charge in [-0.15, -0.1) is 0 Å². The van der Waals surface area contributed by atoms with Gasteiger partial charge in [0, 0.05) is 10.4 Å². The van der Waals surface area contributed by atoms with E-state index in [-0.39, 0.29) is 6.42 Å². The first-order valence-electron chi connectivity index (χ1n) is 4.62. The Hall–Kier alpha value is -0.900. The molecule has 0 aliphatic rings. The van der Waals surface area contributed by atoms with E-state index in [1.807, 2.05) is 0 Å². The molecule has 0 saturated carbocycles. The van der Waals surface area contributed by atoms with Crippen molar-refractivity contribution in [2.75, 3.05) is 0 Å². The lowest BCUT2D eigenvalue weighted by Crippen LogP contribution is -2.14. The predicted octanol–water partition coefficient (Wildman–Crippen LogP) is 3.37. The number of carboxylic acids is 1. The first-order valence-corrected chi connectivity index (χ1v) is 5.41. The van der Waals surface area contributed by atoms with Crippen molar-refractivity contribution < 1.29 is 14.3 Å². The fourth-order valence-electron chi connectivity index (χ4n) is 1.44. The lowest BCUT2D eigenvalue weighted by atomic mass is 9.92. The highest BCUT2D eigenvalue weighted by Gasteiger charge is 2.21. The molecule has 0 heterocycles. The first-order chi connectivity index (χ1) is 7.00. The minimum Gasteiger partial charge on any atom is -0.481 e. The summed E-state index contributed by atoms with van der Waals surface area (Å²) in [5, 5.41) is 8.67. The minimum absolute atomic E-state index is 0.181. The van der Waals surface area contributed by atoms with Gasteiger partial charge in [-0.05, 0) is 24.6 Å². The molecule has 2 atom stereocenters. The quantitative estimate of drug-likeness (QED) is 0.914. The maximum absolute atomic E-state index is 13.2. The van der Waals surface area contributed by atoms with Crippen LogP contribution in [0.3, 0.4) is 0 Å². The van der Waals surface area contributed by atoms with Crippen LogP contribution >= 0.6 is 15.9 Å².